The molecule has 2 amide bonds. The predicted molar refractivity (Wildman–Crippen MR) is 102 cm³/mol. The Balaban J connectivity index is 1.47. The number of nitrogens with one attached hydrogen (secondary N) is 1. The first-order valence-corrected chi connectivity index (χ1v) is 9.16. The van der Waals surface area contributed by atoms with Crippen molar-refractivity contribution in [1.29, 1.82) is 0 Å². The van der Waals surface area contributed by atoms with Gasteiger partial charge in [-0.15, -0.1) is 0 Å². The number of ether oxygens (including phenoxy) is 1. The molecule has 0 bridgehead atoms. The minimum atomic E-state index is -0.280. The molecule has 0 spiro atoms. The highest BCUT2D eigenvalue weighted by Crippen LogP contribution is 2.12. The molecular weight excluding hydrogens is 344 g/mol. The second-order valence-corrected chi connectivity index (χ2v) is 6.36. The van der Waals surface area contributed by atoms with Crippen molar-refractivity contribution in [3.05, 3.63) is 54.4 Å². The van der Waals surface area contributed by atoms with Crippen LogP contribution in [0.15, 0.2) is 48.8 Å². The Kier molecular flexibility index (Phi) is 6.25. The number of para-hydroxylation sites is 1. The van der Waals surface area contributed by atoms with Crippen LogP contribution in [-0.4, -0.2) is 52.4 Å². The van der Waals surface area contributed by atoms with Crippen LogP contribution in [0.4, 0.5) is 4.79 Å². The first-order chi connectivity index (χ1) is 13.2. The molecule has 7 heteroatoms. The van der Waals surface area contributed by atoms with Gasteiger partial charge in [0.25, 0.3) is 0 Å². The number of nitrogens with zero attached hydrogens (tertiary/aromatic N) is 3. The fourth-order valence-electron chi connectivity index (χ4n) is 2.99. The highest BCUT2D eigenvalue weighted by atomic mass is 16.6. The molecule has 1 saturated heterocycles. The van der Waals surface area contributed by atoms with Crippen molar-refractivity contribution in [2.24, 2.45) is 0 Å². The number of hydrogen-bond acceptors (Lipinski definition) is 4. The van der Waals surface area contributed by atoms with E-state index in [4.69, 9.17) is 4.74 Å². The summed E-state index contributed by atoms with van der Waals surface area (Å²) >= 11 is 0. The fourth-order valence-corrected chi connectivity index (χ4v) is 2.99. The van der Waals surface area contributed by atoms with E-state index in [1.807, 2.05) is 36.5 Å². The van der Waals surface area contributed by atoms with Crippen molar-refractivity contribution in [1.82, 2.24) is 20.0 Å². The number of amides is 2. The number of benzene rings is 1. The average Bonchev–Trinajstić information content (AvgIpc) is 3.17. The highest BCUT2D eigenvalue weighted by Gasteiger charge is 2.23. The number of hydrogen-bond donors (Lipinski definition) is 1. The van der Waals surface area contributed by atoms with Crippen LogP contribution >= 0.6 is 0 Å². The highest BCUT2D eigenvalue weighted by molar-refractivity contribution is 5.91. The number of aromatic nitrogens is 2. The van der Waals surface area contributed by atoms with Gasteiger partial charge >= 0.3 is 6.09 Å². The summed E-state index contributed by atoms with van der Waals surface area (Å²) < 4.78 is 6.77. The molecule has 2 heterocycles. The Morgan fingerprint density at radius 3 is 2.70 bits per heavy atom. The third-order valence-corrected chi connectivity index (χ3v) is 4.42. The van der Waals surface area contributed by atoms with E-state index in [9.17, 15) is 9.59 Å². The average molecular weight is 368 g/mol. The molecule has 1 N–H and O–H groups in total. The zero-order valence-corrected chi connectivity index (χ0v) is 15.4. The number of piperidine rings is 1. The van der Waals surface area contributed by atoms with Crippen molar-refractivity contribution < 1.29 is 14.3 Å². The Morgan fingerprint density at radius 1 is 1.26 bits per heavy atom. The van der Waals surface area contributed by atoms with Crippen LogP contribution in [0.5, 0.6) is 0 Å². The smallest absolute Gasteiger partial charge is 0.409 e. The SMILES string of the molecule is CCOC(=O)N1CCC(NC(=O)/C=C/c2cnn(-c3ccccc3)c2)CC1. The maximum atomic E-state index is 12.1. The minimum Gasteiger partial charge on any atom is -0.450 e. The summed E-state index contributed by atoms with van der Waals surface area (Å²) in [5.74, 6) is -0.142. The molecular formula is C20H24N4O3. The lowest BCUT2D eigenvalue weighted by atomic mass is 10.1. The molecule has 0 unspecified atom stereocenters. The van der Waals surface area contributed by atoms with Crippen LogP contribution in [0, 0.1) is 0 Å². The first-order valence-electron chi connectivity index (χ1n) is 9.16. The van der Waals surface area contributed by atoms with E-state index >= 15 is 0 Å². The molecule has 3 rings (SSSR count). The van der Waals surface area contributed by atoms with E-state index in [0.29, 0.717) is 19.7 Å². The molecule has 1 aliphatic rings. The van der Waals surface area contributed by atoms with Crippen LogP contribution < -0.4 is 5.32 Å². The molecule has 1 aromatic heterocycles. The van der Waals surface area contributed by atoms with E-state index in [1.54, 1.807) is 28.8 Å². The molecule has 142 valence electrons. The summed E-state index contributed by atoms with van der Waals surface area (Å²) in [6.07, 6.45) is 8.03. The number of likely N-dealkylation sites (tertiary alicyclic amines) is 1. The largest absolute Gasteiger partial charge is 0.450 e. The fraction of sp³-hybridized carbons (Fsp3) is 0.350. The number of carbonyl (C=O) groups excluding carboxylic acids is 2. The van der Waals surface area contributed by atoms with Crippen molar-refractivity contribution >= 4 is 18.1 Å². The lowest BCUT2D eigenvalue weighted by Crippen LogP contribution is -2.46. The van der Waals surface area contributed by atoms with Crippen molar-refractivity contribution in [3.63, 3.8) is 0 Å². The molecule has 2 aromatic rings. The third kappa shape index (κ3) is 5.20. The van der Waals surface area contributed by atoms with Gasteiger partial charge in [-0.2, -0.15) is 5.10 Å². The maximum Gasteiger partial charge on any atom is 0.409 e. The van der Waals surface area contributed by atoms with Gasteiger partial charge in [-0.05, 0) is 38.0 Å². The van der Waals surface area contributed by atoms with Gasteiger partial charge in [0.15, 0.2) is 0 Å². The van der Waals surface area contributed by atoms with E-state index < -0.39 is 0 Å². The lowest BCUT2D eigenvalue weighted by Gasteiger charge is -2.31. The predicted octanol–water partition coefficient (Wildman–Crippen LogP) is 2.62. The van der Waals surface area contributed by atoms with E-state index in [0.717, 1.165) is 24.1 Å². The molecule has 0 atom stereocenters. The first kappa shape index (κ1) is 18.7. The van der Waals surface area contributed by atoms with Crippen molar-refractivity contribution in [2.75, 3.05) is 19.7 Å². The second-order valence-electron chi connectivity index (χ2n) is 6.36. The Labute approximate surface area is 158 Å². The van der Waals surface area contributed by atoms with Gasteiger partial charge in [0, 0.05) is 37.0 Å². The van der Waals surface area contributed by atoms with Gasteiger partial charge in [-0.3, -0.25) is 4.79 Å². The van der Waals surface area contributed by atoms with Crippen LogP contribution in [0.2, 0.25) is 0 Å². The molecule has 0 radical (unpaired) electrons. The molecule has 1 aliphatic heterocycles. The van der Waals surface area contributed by atoms with Gasteiger partial charge in [-0.1, -0.05) is 18.2 Å². The van der Waals surface area contributed by atoms with Gasteiger partial charge in [0.2, 0.25) is 5.91 Å². The van der Waals surface area contributed by atoms with Crippen LogP contribution in [0.25, 0.3) is 11.8 Å². The molecule has 0 aliphatic carbocycles. The maximum absolute atomic E-state index is 12.1. The minimum absolute atomic E-state index is 0.0693. The Hall–Kier alpha value is -3.09. The van der Waals surface area contributed by atoms with Crippen LogP contribution in [0.1, 0.15) is 25.3 Å². The zero-order valence-electron chi connectivity index (χ0n) is 15.4. The lowest BCUT2D eigenvalue weighted by molar-refractivity contribution is -0.117. The third-order valence-electron chi connectivity index (χ3n) is 4.42. The van der Waals surface area contributed by atoms with Crippen molar-refractivity contribution in [2.45, 2.75) is 25.8 Å². The molecule has 27 heavy (non-hydrogen) atoms. The quantitative estimate of drug-likeness (QED) is 0.823. The van der Waals surface area contributed by atoms with Crippen LogP contribution in [0.3, 0.4) is 0 Å². The normalized spacial score (nSPS) is 15.1. The summed E-state index contributed by atoms with van der Waals surface area (Å²) in [7, 11) is 0. The van der Waals surface area contributed by atoms with E-state index in [1.165, 1.54) is 6.08 Å². The van der Waals surface area contributed by atoms with E-state index in [2.05, 4.69) is 10.4 Å². The summed E-state index contributed by atoms with van der Waals surface area (Å²) in [6, 6.07) is 9.86. The van der Waals surface area contributed by atoms with Gasteiger partial charge < -0.3 is 15.0 Å². The summed E-state index contributed by atoms with van der Waals surface area (Å²) in [6.45, 7) is 3.36. The number of carbonyl (C=O) groups is 2. The van der Waals surface area contributed by atoms with Gasteiger partial charge in [0.1, 0.15) is 0 Å². The molecule has 7 nitrogen and oxygen atoms in total. The standard InChI is InChI=1S/C20H24N4O3/c1-2-27-20(26)23-12-10-17(11-13-23)22-19(25)9-8-16-14-21-24(15-16)18-6-4-3-5-7-18/h3-9,14-15,17H,2,10-13H2,1H3,(H,22,25)/b9-8+. The summed E-state index contributed by atoms with van der Waals surface area (Å²) in [4.78, 5) is 25.5. The molecule has 1 fully saturated rings. The number of rotatable bonds is 5. The Bertz CT molecular complexity index is 793. The monoisotopic (exact) mass is 368 g/mol. The topological polar surface area (TPSA) is 76.5 Å². The summed E-state index contributed by atoms with van der Waals surface area (Å²) in [5, 5.41) is 7.29. The van der Waals surface area contributed by atoms with Gasteiger partial charge in [0.05, 0.1) is 18.5 Å². The Morgan fingerprint density at radius 2 is 2.00 bits per heavy atom. The zero-order chi connectivity index (χ0) is 19.1. The van der Waals surface area contributed by atoms with Crippen LogP contribution in [-0.2, 0) is 9.53 Å². The van der Waals surface area contributed by atoms with Gasteiger partial charge in [-0.25, -0.2) is 9.48 Å². The molecule has 0 saturated carbocycles. The second kappa shape index (κ2) is 9.02. The van der Waals surface area contributed by atoms with Crippen molar-refractivity contribution in [3.8, 4) is 5.69 Å². The van der Waals surface area contributed by atoms with E-state index in [-0.39, 0.29) is 18.0 Å². The summed E-state index contributed by atoms with van der Waals surface area (Å²) in [5.41, 5.74) is 1.82. The molecule has 1 aromatic carbocycles.